The topological polar surface area (TPSA) is 101 Å². The molecule has 2 aliphatic heterocycles. The molecule has 39 heavy (non-hydrogen) atoms. The summed E-state index contributed by atoms with van der Waals surface area (Å²) >= 11 is 0. The molecule has 0 radical (unpaired) electrons. The van der Waals surface area contributed by atoms with Gasteiger partial charge < -0.3 is 24.4 Å². The highest BCUT2D eigenvalue weighted by atomic mass is 16.5. The maximum Gasteiger partial charge on any atom is 0.338 e. The molecule has 2 aromatic carbocycles. The van der Waals surface area contributed by atoms with Crippen molar-refractivity contribution in [3.8, 4) is 11.5 Å². The van der Waals surface area contributed by atoms with Crippen LogP contribution < -0.4 is 14.8 Å². The highest BCUT2D eigenvalue weighted by molar-refractivity contribution is 5.95. The Kier molecular flexibility index (Phi) is 9.08. The molecule has 1 atom stereocenters. The Hall–Kier alpha value is -4.05. The fraction of sp³-hybridized carbons (Fsp3) is 0.414. The minimum atomic E-state index is -0.772. The number of benzene rings is 2. The van der Waals surface area contributed by atoms with E-state index in [1.165, 1.54) is 12.0 Å². The van der Waals surface area contributed by atoms with Crippen molar-refractivity contribution in [3.05, 3.63) is 70.9 Å². The molecule has 2 aromatic rings. The molecule has 0 spiro atoms. The Morgan fingerprint density at radius 1 is 1.00 bits per heavy atom. The number of likely N-dealkylation sites (N-methyl/N-ethyl adjacent to an activating group) is 1. The lowest BCUT2D eigenvalue weighted by atomic mass is 9.93. The molecule has 0 saturated carbocycles. The number of amides is 3. The summed E-state index contributed by atoms with van der Waals surface area (Å²) in [6.45, 7) is 4.78. The molecule has 10 nitrogen and oxygen atoms in total. The average molecular weight is 537 g/mol. The Morgan fingerprint density at radius 2 is 1.77 bits per heavy atom. The largest absolute Gasteiger partial charge is 0.497 e. The number of methoxy groups -OCH3 is 2. The summed E-state index contributed by atoms with van der Waals surface area (Å²) in [7, 11) is 4.74. The molecule has 0 aliphatic carbocycles. The van der Waals surface area contributed by atoms with Crippen molar-refractivity contribution >= 4 is 17.9 Å². The van der Waals surface area contributed by atoms with Gasteiger partial charge in [-0.1, -0.05) is 18.2 Å². The first-order valence-corrected chi connectivity index (χ1v) is 13.1. The van der Waals surface area contributed by atoms with E-state index in [0.29, 0.717) is 66.6 Å². The highest BCUT2D eigenvalue weighted by Crippen LogP contribution is 2.37. The van der Waals surface area contributed by atoms with Gasteiger partial charge in [0, 0.05) is 62.7 Å². The fourth-order valence-electron chi connectivity index (χ4n) is 5.00. The summed E-state index contributed by atoms with van der Waals surface area (Å²) in [6, 6.07) is 13.4. The molecule has 1 fully saturated rings. The van der Waals surface area contributed by atoms with Crippen LogP contribution in [0, 0.1) is 0 Å². The van der Waals surface area contributed by atoms with Crippen LogP contribution in [0.25, 0.3) is 0 Å². The lowest BCUT2D eigenvalue weighted by Gasteiger charge is -2.37. The van der Waals surface area contributed by atoms with Gasteiger partial charge in [0.2, 0.25) is 0 Å². The van der Waals surface area contributed by atoms with Gasteiger partial charge in [-0.15, -0.1) is 0 Å². The predicted molar refractivity (Wildman–Crippen MR) is 146 cm³/mol. The van der Waals surface area contributed by atoms with Crippen LogP contribution in [0.2, 0.25) is 0 Å². The van der Waals surface area contributed by atoms with Crippen LogP contribution in [-0.4, -0.2) is 93.2 Å². The van der Waals surface area contributed by atoms with Crippen molar-refractivity contribution in [1.82, 2.24) is 20.0 Å². The van der Waals surface area contributed by atoms with E-state index >= 15 is 0 Å². The summed E-state index contributed by atoms with van der Waals surface area (Å²) < 4.78 is 16.4. The molecule has 0 aromatic heterocycles. The average Bonchev–Trinajstić information content (AvgIpc) is 3.20. The van der Waals surface area contributed by atoms with Crippen molar-refractivity contribution < 1.29 is 28.6 Å². The number of rotatable bonds is 8. The molecular formula is C29H36N4O6. The molecule has 1 saturated heterocycles. The first-order valence-electron chi connectivity index (χ1n) is 13.1. The van der Waals surface area contributed by atoms with Crippen molar-refractivity contribution in [2.45, 2.75) is 19.4 Å². The molecule has 10 heteroatoms. The fourth-order valence-corrected chi connectivity index (χ4v) is 5.00. The number of carbonyl (C=O) groups excluding carboxylic acids is 3. The lowest BCUT2D eigenvalue weighted by molar-refractivity contribution is -0.139. The normalized spacial score (nSPS) is 18.4. The van der Waals surface area contributed by atoms with Gasteiger partial charge in [0.15, 0.2) is 0 Å². The number of hydrogen-bond donors (Lipinski definition) is 1. The molecule has 2 aliphatic rings. The van der Waals surface area contributed by atoms with Crippen LogP contribution in [-0.2, 0) is 9.53 Å². The van der Waals surface area contributed by atoms with E-state index in [0.717, 1.165) is 6.42 Å². The van der Waals surface area contributed by atoms with Gasteiger partial charge in [-0.25, -0.2) is 9.59 Å². The second-order valence-corrected chi connectivity index (χ2v) is 9.42. The molecule has 1 N–H and O–H groups in total. The number of esters is 1. The van der Waals surface area contributed by atoms with E-state index in [1.807, 2.05) is 35.2 Å². The van der Waals surface area contributed by atoms with Crippen LogP contribution >= 0.6 is 0 Å². The smallest absolute Gasteiger partial charge is 0.338 e. The molecule has 0 bridgehead atoms. The second kappa shape index (κ2) is 12.7. The molecule has 208 valence electrons. The quantitative estimate of drug-likeness (QED) is 0.518. The molecular weight excluding hydrogens is 500 g/mol. The van der Waals surface area contributed by atoms with E-state index in [2.05, 4.69) is 10.2 Å². The third-order valence-corrected chi connectivity index (χ3v) is 7.09. The Balaban J connectivity index is 1.64. The number of ether oxygens (including phenoxy) is 3. The van der Waals surface area contributed by atoms with Crippen LogP contribution in [0.4, 0.5) is 4.79 Å². The predicted octanol–water partition coefficient (Wildman–Crippen LogP) is 3.07. The van der Waals surface area contributed by atoms with E-state index in [4.69, 9.17) is 14.2 Å². The zero-order valence-electron chi connectivity index (χ0n) is 22.9. The van der Waals surface area contributed by atoms with E-state index < -0.39 is 12.0 Å². The Labute approximate surface area is 229 Å². The number of urea groups is 1. The summed E-state index contributed by atoms with van der Waals surface area (Å²) in [6.07, 6.45) is 0.770. The molecule has 3 amide bonds. The van der Waals surface area contributed by atoms with Gasteiger partial charge in [0.05, 0.1) is 32.4 Å². The van der Waals surface area contributed by atoms with E-state index in [-0.39, 0.29) is 18.5 Å². The monoisotopic (exact) mass is 536 g/mol. The second-order valence-electron chi connectivity index (χ2n) is 9.42. The van der Waals surface area contributed by atoms with Crippen LogP contribution in [0.1, 0.15) is 35.3 Å². The Morgan fingerprint density at radius 3 is 2.46 bits per heavy atom. The van der Waals surface area contributed by atoms with E-state index in [9.17, 15) is 14.4 Å². The molecule has 4 rings (SSSR count). The summed E-state index contributed by atoms with van der Waals surface area (Å²) in [5, 5.41) is 2.94. The van der Waals surface area contributed by atoms with Gasteiger partial charge in [0.25, 0.3) is 5.91 Å². The first-order chi connectivity index (χ1) is 18.9. The standard InChI is InChI=1S/C29H36N4O6/c1-5-39-28(35)25-23(19-32-14-9-15-33(17-16-32)27(34)20-10-7-6-8-11-20)31(2)29(36)30-26(25)22-13-12-21(37-3)18-24(22)38-4/h6-8,10-13,18,26H,5,9,14-17,19H2,1-4H3,(H,30,36). The van der Waals surface area contributed by atoms with Crippen LogP contribution in [0.5, 0.6) is 11.5 Å². The number of nitrogens with one attached hydrogen (secondary N) is 1. The van der Waals surface area contributed by atoms with Gasteiger partial charge in [-0.05, 0) is 37.6 Å². The number of carbonyl (C=O) groups is 3. The van der Waals surface area contributed by atoms with Crippen LogP contribution in [0.3, 0.4) is 0 Å². The maximum atomic E-state index is 13.4. The summed E-state index contributed by atoms with van der Waals surface area (Å²) in [4.78, 5) is 45.0. The third-order valence-electron chi connectivity index (χ3n) is 7.09. The van der Waals surface area contributed by atoms with Crippen molar-refractivity contribution in [2.75, 3.05) is 60.6 Å². The zero-order valence-corrected chi connectivity index (χ0v) is 22.9. The minimum Gasteiger partial charge on any atom is -0.497 e. The van der Waals surface area contributed by atoms with Gasteiger partial charge in [0.1, 0.15) is 11.5 Å². The van der Waals surface area contributed by atoms with Crippen molar-refractivity contribution in [1.29, 1.82) is 0 Å². The number of hydrogen-bond acceptors (Lipinski definition) is 7. The van der Waals surface area contributed by atoms with Gasteiger partial charge in [-0.2, -0.15) is 0 Å². The minimum absolute atomic E-state index is 0.00436. The Bertz CT molecular complexity index is 1230. The zero-order chi connectivity index (χ0) is 27.9. The SMILES string of the molecule is CCOC(=O)C1=C(CN2CCCN(C(=O)c3ccccc3)CC2)N(C)C(=O)NC1c1ccc(OC)cc1OC. The molecule has 1 unspecified atom stereocenters. The summed E-state index contributed by atoms with van der Waals surface area (Å²) in [5.41, 5.74) is 2.20. The maximum absolute atomic E-state index is 13.4. The number of nitrogens with zero attached hydrogens (tertiary/aromatic N) is 3. The van der Waals surface area contributed by atoms with Crippen LogP contribution in [0.15, 0.2) is 59.8 Å². The van der Waals surface area contributed by atoms with Crippen molar-refractivity contribution in [2.24, 2.45) is 0 Å². The summed E-state index contributed by atoms with van der Waals surface area (Å²) in [5.74, 6) is 0.578. The first kappa shape index (κ1) is 28.0. The van der Waals surface area contributed by atoms with Gasteiger partial charge in [-0.3, -0.25) is 14.6 Å². The third kappa shape index (κ3) is 6.17. The lowest BCUT2D eigenvalue weighted by Crippen LogP contribution is -2.49. The molecule has 2 heterocycles. The van der Waals surface area contributed by atoms with Crippen molar-refractivity contribution in [3.63, 3.8) is 0 Å². The van der Waals surface area contributed by atoms with E-state index in [1.54, 1.807) is 39.3 Å². The van der Waals surface area contributed by atoms with Gasteiger partial charge >= 0.3 is 12.0 Å². The highest BCUT2D eigenvalue weighted by Gasteiger charge is 2.39.